The van der Waals surface area contributed by atoms with Crippen LogP contribution in [0, 0.1) is 11.8 Å². The first kappa shape index (κ1) is 14.5. The summed E-state index contributed by atoms with van der Waals surface area (Å²) in [4.78, 5) is 12.5. The lowest BCUT2D eigenvalue weighted by atomic mass is 9.80. The molecule has 1 N–H and O–H groups in total. The van der Waals surface area contributed by atoms with Gasteiger partial charge in [-0.15, -0.1) is 0 Å². The van der Waals surface area contributed by atoms with E-state index in [2.05, 4.69) is 5.32 Å². The Labute approximate surface area is 122 Å². The fraction of sp³-hybridized carbons (Fsp3) is 0.941. The summed E-state index contributed by atoms with van der Waals surface area (Å²) in [6.07, 6.45) is 11.4. The van der Waals surface area contributed by atoms with Crippen molar-refractivity contribution in [2.75, 3.05) is 19.7 Å². The second-order valence-corrected chi connectivity index (χ2v) is 7.13. The molecular weight excluding hydrogens is 250 g/mol. The lowest BCUT2D eigenvalue weighted by molar-refractivity contribution is -0.136. The van der Waals surface area contributed by atoms with Gasteiger partial charge in [-0.3, -0.25) is 4.79 Å². The van der Waals surface area contributed by atoms with Crippen molar-refractivity contribution in [1.82, 2.24) is 5.32 Å². The van der Waals surface area contributed by atoms with E-state index >= 15 is 0 Å². The van der Waals surface area contributed by atoms with E-state index in [1.165, 1.54) is 38.5 Å². The summed E-state index contributed by atoms with van der Waals surface area (Å²) >= 11 is 0. The van der Waals surface area contributed by atoms with Crippen molar-refractivity contribution in [2.45, 2.75) is 69.8 Å². The summed E-state index contributed by atoms with van der Waals surface area (Å²) in [7, 11) is 0. The summed E-state index contributed by atoms with van der Waals surface area (Å²) in [6.45, 7) is 3.09. The number of hydrogen-bond acceptors (Lipinski definition) is 3. The maximum absolute atomic E-state index is 12.5. The van der Waals surface area contributed by atoms with Crippen molar-refractivity contribution in [3.05, 3.63) is 0 Å². The molecule has 3 fully saturated rings. The van der Waals surface area contributed by atoms with Gasteiger partial charge in [0.25, 0.3) is 0 Å². The second-order valence-electron chi connectivity index (χ2n) is 7.13. The van der Waals surface area contributed by atoms with Crippen LogP contribution in [0.1, 0.15) is 64.2 Å². The quantitative estimate of drug-likeness (QED) is 0.859. The summed E-state index contributed by atoms with van der Waals surface area (Å²) < 4.78 is 6.04. The van der Waals surface area contributed by atoms with Crippen molar-refractivity contribution in [1.29, 1.82) is 0 Å². The van der Waals surface area contributed by atoms with E-state index in [9.17, 15) is 4.79 Å². The predicted octanol–water partition coefficient (Wildman–Crippen LogP) is 3.07. The monoisotopic (exact) mass is 279 g/mol. The van der Waals surface area contributed by atoms with E-state index in [1.807, 2.05) is 0 Å². The normalized spacial score (nSPS) is 30.7. The van der Waals surface area contributed by atoms with Gasteiger partial charge >= 0.3 is 0 Å². The summed E-state index contributed by atoms with van der Waals surface area (Å²) in [6, 6.07) is 0. The Kier molecular flexibility index (Phi) is 4.77. The van der Waals surface area contributed by atoms with Crippen LogP contribution < -0.4 is 5.32 Å². The van der Waals surface area contributed by atoms with Crippen molar-refractivity contribution in [3.8, 4) is 0 Å². The molecule has 3 rings (SSSR count). The first-order valence-corrected chi connectivity index (χ1v) is 8.65. The van der Waals surface area contributed by atoms with Crippen LogP contribution in [0.15, 0.2) is 0 Å². The van der Waals surface area contributed by atoms with Gasteiger partial charge in [0.2, 0.25) is 0 Å². The molecule has 1 unspecified atom stereocenters. The fourth-order valence-electron chi connectivity index (χ4n) is 4.39. The second kappa shape index (κ2) is 6.57. The Morgan fingerprint density at radius 2 is 1.90 bits per heavy atom. The molecule has 3 nitrogen and oxygen atoms in total. The van der Waals surface area contributed by atoms with Gasteiger partial charge < -0.3 is 10.1 Å². The first-order chi connectivity index (χ1) is 9.77. The minimum absolute atomic E-state index is 0.0906. The SMILES string of the molecule is O=C(CCC1CCNCC1)C1CCOC2(CCCC2)C1. The molecule has 114 valence electrons. The molecule has 20 heavy (non-hydrogen) atoms. The molecule has 2 saturated heterocycles. The minimum Gasteiger partial charge on any atom is -0.375 e. The fourth-order valence-corrected chi connectivity index (χ4v) is 4.39. The van der Waals surface area contributed by atoms with E-state index < -0.39 is 0 Å². The van der Waals surface area contributed by atoms with Crippen LogP contribution >= 0.6 is 0 Å². The Morgan fingerprint density at radius 3 is 2.65 bits per heavy atom. The molecule has 1 aliphatic carbocycles. The molecule has 0 radical (unpaired) electrons. The highest BCUT2D eigenvalue weighted by Gasteiger charge is 2.41. The third-order valence-electron chi connectivity index (χ3n) is 5.72. The summed E-state index contributed by atoms with van der Waals surface area (Å²) in [5.41, 5.74) is 0.0906. The molecule has 3 heteroatoms. The van der Waals surface area contributed by atoms with Crippen LogP contribution in [-0.4, -0.2) is 31.1 Å². The third kappa shape index (κ3) is 3.43. The standard InChI is InChI=1S/C17H29NO2/c19-16(4-3-14-5-10-18-11-6-14)15-7-12-20-17(13-15)8-1-2-9-17/h14-15,18H,1-13H2. The highest BCUT2D eigenvalue weighted by molar-refractivity contribution is 5.81. The van der Waals surface area contributed by atoms with Crippen LogP contribution in [-0.2, 0) is 9.53 Å². The van der Waals surface area contributed by atoms with Crippen LogP contribution in [0.25, 0.3) is 0 Å². The zero-order chi connectivity index (χ0) is 13.8. The smallest absolute Gasteiger partial charge is 0.136 e. The lowest BCUT2D eigenvalue weighted by Crippen LogP contribution is -2.39. The third-order valence-corrected chi connectivity index (χ3v) is 5.72. The van der Waals surface area contributed by atoms with E-state index in [1.54, 1.807) is 0 Å². The summed E-state index contributed by atoms with van der Waals surface area (Å²) in [5.74, 6) is 1.60. The largest absolute Gasteiger partial charge is 0.375 e. The van der Waals surface area contributed by atoms with Crippen LogP contribution in [0.2, 0.25) is 0 Å². The zero-order valence-corrected chi connectivity index (χ0v) is 12.7. The van der Waals surface area contributed by atoms with Gasteiger partial charge in [-0.1, -0.05) is 12.8 Å². The number of ether oxygens (including phenoxy) is 1. The average molecular weight is 279 g/mol. The molecule has 1 spiro atoms. The molecule has 1 saturated carbocycles. The number of nitrogens with one attached hydrogen (secondary N) is 1. The van der Waals surface area contributed by atoms with E-state index in [-0.39, 0.29) is 5.60 Å². The predicted molar refractivity (Wildman–Crippen MR) is 79.7 cm³/mol. The van der Waals surface area contributed by atoms with E-state index in [0.717, 1.165) is 51.3 Å². The highest BCUT2D eigenvalue weighted by atomic mass is 16.5. The Balaban J connectivity index is 1.46. The first-order valence-electron chi connectivity index (χ1n) is 8.65. The number of rotatable bonds is 4. The van der Waals surface area contributed by atoms with Crippen molar-refractivity contribution in [3.63, 3.8) is 0 Å². The number of ketones is 1. The van der Waals surface area contributed by atoms with Crippen molar-refractivity contribution in [2.24, 2.45) is 11.8 Å². The maximum Gasteiger partial charge on any atom is 0.136 e. The molecule has 2 aliphatic heterocycles. The zero-order valence-electron chi connectivity index (χ0n) is 12.7. The molecule has 0 amide bonds. The van der Waals surface area contributed by atoms with E-state index in [0.29, 0.717) is 11.7 Å². The van der Waals surface area contributed by atoms with Gasteiger partial charge in [0.15, 0.2) is 0 Å². The maximum atomic E-state index is 12.5. The summed E-state index contributed by atoms with van der Waals surface area (Å²) in [5, 5.41) is 3.40. The lowest BCUT2D eigenvalue weighted by Gasteiger charge is -2.38. The molecule has 1 atom stereocenters. The Hall–Kier alpha value is -0.410. The molecule has 0 aromatic rings. The van der Waals surface area contributed by atoms with E-state index in [4.69, 9.17) is 4.74 Å². The van der Waals surface area contributed by atoms with Gasteiger partial charge in [0.05, 0.1) is 5.60 Å². The molecule has 3 aliphatic rings. The number of piperidine rings is 1. The van der Waals surface area contributed by atoms with Crippen molar-refractivity contribution < 1.29 is 9.53 Å². The number of carbonyl (C=O) groups is 1. The van der Waals surface area contributed by atoms with Gasteiger partial charge in [0, 0.05) is 18.9 Å². The molecular formula is C17H29NO2. The van der Waals surface area contributed by atoms with Crippen LogP contribution in [0.4, 0.5) is 0 Å². The van der Waals surface area contributed by atoms with Crippen molar-refractivity contribution >= 4 is 5.78 Å². The molecule has 2 heterocycles. The Bertz CT molecular complexity index is 330. The number of hydrogen-bond donors (Lipinski definition) is 1. The molecule has 0 aromatic carbocycles. The minimum atomic E-state index is 0.0906. The Morgan fingerprint density at radius 1 is 1.15 bits per heavy atom. The van der Waals surface area contributed by atoms with Gasteiger partial charge in [-0.05, 0) is 64.0 Å². The topological polar surface area (TPSA) is 38.3 Å². The average Bonchev–Trinajstić information content (AvgIpc) is 2.93. The van der Waals surface area contributed by atoms with Gasteiger partial charge in [-0.25, -0.2) is 0 Å². The number of Topliss-reactive ketones (excluding diaryl/α,β-unsaturated/α-hetero) is 1. The van der Waals surface area contributed by atoms with Gasteiger partial charge in [0.1, 0.15) is 5.78 Å². The highest BCUT2D eigenvalue weighted by Crippen LogP contribution is 2.42. The van der Waals surface area contributed by atoms with Crippen LogP contribution in [0.3, 0.4) is 0 Å². The number of carbonyl (C=O) groups excluding carboxylic acids is 1. The van der Waals surface area contributed by atoms with Gasteiger partial charge in [-0.2, -0.15) is 0 Å². The molecule has 0 bridgehead atoms. The molecule has 0 aromatic heterocycles. The van der Waals surface area contributed by atoms with Crippen LogP contribution in [0.5, 0.6) is 0 Å².